The maximum Gasteiger partial charge on any atom is 0.255 e. The number of allylic oxidation sites excluding steroid dienone is 3. The number of primary amides is 1. The van der Waals surface area contributed by atoms with Gasteiger partial charge in [0.05, 0.1) is 0 Å². The Balaban J connectivity index is 3.99. The van der Waals surface area contributed by atoms with Crippen molar-refractivity contribution in [3.63, 3.8) is 0 Å². The highest BCUT2D eigenvalue weighted by Gasteiger charge is 1.94. The van der Waals surface area contributed by atoms with E-state index in [0.29, 0.717) is 5.76 Å². The van der Waals surface area contributed by atoms with Crippen LogP contribution in [0.5, 0.6) is 0 Å². The fourth-order valence-corrected chi connectivity index (χ4v) is 0.480. The summed E-state index contributed by atoms with van der Waals surface area (Å²) in [6, 6.07) is 0. The Kier molecular flexibility index (Phi) is 5.17. The number of ether oxygens (including phenoxy) is 1. The second-order valence-electron chi connectivity index (χ2n) is 1.91. The van der Waals surface area contributed by atoms with Gasteiger partial charge in [-0.2, -0.15) is 0 Å². The van der Waals surface area contributed by atoms with Gasteiger partial charge in [0, 0.05) is 0 Å². The molecule has 0 unspecified atom stereocenters. The monoisotopic (exact) mass is 168 g/mol. The van der Waals surface area contributed by atoms with Gasteiger partial charge in [-0.1, -0.05) is 6.58 Å². The molecule has 0 rings (SSSR count). The molecule has 4 heteroatoms. The second-order valence-corrected chi connectivity index (χ2v) is 1.91. The molecule has 12 heavy (non-hydrogen) atoms. The second kappa shape index (κ2) is 6.03. The Morgan fingerprint density at radius 2 is 2.25 bits per heavy atom. The van der Waals surface area contributed by atoms with Crippen molar-refractivity contribution >= 4 is 5.91 Å². The highest BCUT2D eigenvalue weighted by Crippen LogP contribution is 1.97. The van der Waals surface area contributed by atoms with Gasteiger partial charge in [-0.15, -0.1) is 0 Å². The average Bonchev–Trinajstić information content (AvgIpc) is 2.05. The minimum absolute atomic E-state index is 0.156. The third-order valence-corrected chi connectivity index (χ3v) is 0.954. The average molecular weight is 168 g/mol. The number of hydrogen-bond acceptors (Lipinski definition) is 3. The normalized spacial score (nSPS) is 11.5. The molecule has 4 nitrogen and oxygen atoms in total. The zero-order valence-electron chi connectivity index (χ0n) is 6.69. The molecule has 0 bridgehead atoms. The maximum absolute atomic E-state index is 10.3. The summed E-state index contributed by atoms with van der Waals surface area (Å²) >= 11 is 0. The predicted octanol–water partition coefficient (Wildman–Crippen LogP) is 0.0306. The van der Waals surface area contributed by atoms with E-state index in [9.17, 15) is 4.79 Å². The third kappa shape index (κ3) is 5.10. The van der Waals surface area contributed by atoms with Gasteiger partial charge in [-0.3, -0.25) is 4.79 Å². The molecule has 0 aromatic carbocycles. The van der Waals surface area contributed by atoms with Crippen LogP contribution in [0.4, 0.5) is 0 Å². The summed E-state index contributed by atoms with van der Waals surface area (Å²) in [5.74, 6) is -0.0741. The van der Waals surface area contributed by atoms with Gasteiger partial charge in [-0.25, -0.2) is 0 Å². The molecule has 0 fully saturated rings. The van der Waals surface area contributed by atoms with Crippen molar-refractivity contribution in [2.75, 3.05) is 6.61 Å². The lowest BCUT2D eigenvalue weighted by Crippen LogP contribution is -2.17. The van der Waals surface area contributed by atoms with Crippen molar-refractivity contribution in [1.82, 2.24) is 0 Å². The van der Waals surface area contributed by atoms with E-state index in [2.05, 4.69) is 6.58 Å². The molecule has 1 amide bonds. The minimum atomic E-state index is -0.528. The zero-order valence-corrected chi connectivity index (χ0v) is 6.69. The van der Waals surface area contributed by atoms with Crippen LogP contribution in [-0.4, -0.2) is 12.5 Å². The summed E-state index contributed by atoms with van der Waals surface area (Å²) in [5, 5.41) is 0. The van der Waals surface area contributed by atoms with Crippen molar-refractivity contribution < 1.29 is 9.53 Å². The van der Waals surface area contributed by atoms with Crippen LogP contribution in [0.3, 0.4) is 0 Å². The topological polar surface area (TPSA) is 78.3 Å². The van der Waals surface area contributed by atoms with Crippen molar-refractivity contribution in [3.05, 3.63) is 36.8 Å². The van der Waals surface area contributed by atoms with Gasteiger partial charge in [-0.05, 0) is 24.4 Å². The fraction of sp³-hybridized carbons (Fsp3) is 0.125. The highest BCUT2D eigenvalue weighted by molar-refractivity contribution is 5.75. The summed E-state index contributed by atoms with van der Waals surface area (Å²) in [5.41, 5.74) is 9.94. The van der Waals surface area contributed by atoms with Gasteiger partial charge >= 0.3 is 0 Å². The van der Waals surface area contributed by atoms with Crippen LogP contribution >= 0.6 is 0 Å². The zero-order chi connectivity index (χ0) is 9.40. The first-order valence-electron chi connectivity index (χ1n) is 3.32. The molecule has 0 saturated heterocycles. The molecule has 0 atom stereocenters. The van der Waals surface area contributed by atoms with Crippen molar-refractivity contribution in [2.45, 2.75) is 0 Å². The first-order valence-corrected chi connectivity index (χ1v) is 3.32. The Morgan fingerprint density at radius 1 is 1.58 bits per heavy atom. The summed E-state index contributed by atoms with van der Waals surface area (Å²) in [4.78, 5) is 10.3. The van der Waals surface area contributed by atoms with Gasteiger partial charge < -0.3 is 16.2 Å². The molecule has 66 valence electrons. The van der Waals surface area contributed by atoms with Gasteiger partial charge in [0.2, 0.25) is 0 Å². The Morgan fingerprint density at radius 3 is 2.67 bits per heavy atom. The number of carbonyl (C=O) groups is 1. The summed E-state index contributed by atoms with van der Waals surface area (Å²) < 4.78 is 4.92. The number of hydrogen-bond donors (Lipinski definition) is 2. The SMILES string of the molecule is C=C/C(=C\C=C\N)OCC(N)=O. The number of amides is 1. The smallest absolute Gasteiger partial charge is 0.255 e. The quantitative estimate of drug-likeness (QED) is 0.449. The van der Waals surface area contributed by atoms with Crippen molar-refractivity contribution in [2.24, 2.45) is 11.5 Å². The Hall–Kier alpha value is -1.71. The van der Waals surface area contributed by atoms with Crippen LogP contribution in [0.1, 0.15) is 0 Å². The van der Waals surface area contributed by atoms with E-state index in [-0.39, 0.29) is 6.61 Å². The summed E-state index contributed by atoms with van der Waals surface area (Å²) in [7, 11) is 0. The van der Waals surface area contributed by atoms with Crippen LogP contribution < -0.4 is 11.5 Å². The molecule has 0 aromatic rings. The van der Waals surface area contributed by atoms with Gasteiger partial charge in [0.1, 0.15) is 5.76 Å². The number of rotatable bonds is 5. The fourth-order valence-electron chi connectivity index (χ4n) is 0.480. The standard InChI is InChI=1S/C8H12N2O2/c1-2-7(4-3-5-9)12-6-8(10)11/h2-5H,1,6,9H2,(H2,10,11)/b5-3+,7-4+. The predicted molar refractivity (Wildman–Crippen MR) is 46.8 cm³/mol. The first kappa shape index (κ1) is 10.3. The molecule has 0 aliphatic rings. The van der Waals surface area contributed by atoms with E-state index in [1.165, 1.54) is 12.3 Å². The minimum Gasteiger partial charge on any atom is -0.484 e. The van der Waals surface area contributed by atoms with E-state index in [1.807, 2.05) is 0 Å². The van der Waals surface area contributed by atoms with Crippen LogP contribution in [0.15, 0.2) is 36.8 Å². The van der Waals surface area contributed by atoms with E-state index >= 15 is 0 Å². The van der Waals surface area contributed by atoms with Gasteiger partial charge in [0.25, 0.3) is 5.91 Å². The highest BCUT2D eigenvalue weighted by atomic mass is 16.5. The van der Waals surface area contributed by atoms with E-state index in [1.54, 1.807) is 12.2 Å². The molecule has 0 heterocycles. The summed E-state index contributed by atoms with van der Waals surface area (Å²) in [6.45, 7) is 3.32. The summed E-state index contributed by atoms with van der Waals surface area (Å²) in [6.07, 6.45) is 5.95. The van der Waals surface area contributed by atoms with Crippen LogP contribution in [0.2, 0.25) is 0 Å². The van der Waals surface area contributed by atoms with Crippen molar-refractivity contribution in [1.29, 1.82) is 0 Å². The lowest BCUT2D eigenvalue weighted by Gasteiger charge is -2.01. The van der Waals surface area contributed by atoms with Crippen LogP contribution in [0, 0.1) is 0 Å². The Labute approximate surface area is 71.2 Å². The lowest BCUT2D eigenvalue weighted by molar-refractivity contribution is -0.121. The molecule has 0 aliphatic carbocycles. The molecule has 0 radical (unpaired) electrons. The van der Waals surface area contributed by atoms with Crippen molar-refractivity contribution in [3.8, 4) is 0 Å². The lowest BCUT2D eigenvalue weighted by atomic mass is 10.4. The third-order valence-electron chi connectivity index (χ3n) is 0.954. The molecule has 4 N–H and O–H groups in total. The van der Waals surface area contributed by atoms with Gasteiger partial charge in [0.15, 0.2) is 6.61 Å². The number of nitrogens with two attached hydrogens (primary N) is 2. The van der Waals surface area contributed by atoms with E-state index in [0.717, 1.165) is 0 Å². The van der Waals surface area contributed by atoms with E-state index in [4.69, 9.17) is 16.2 Å². The molecule has 0 spiro atoms. The largest absolute Gasteiger partial charge is 0.484 e. The molecule has 0 aromatic heterocycles. The molecule has 0 saturated carbocycles. The maximum atomic E-state index is 10.3. The first-order chi connectivity index (χ1) is 5.70. The van der Waals surface area contributed by atoms with Crippen LogP contribution in [0.25, 0.3) is 0 Å². The molecular weight excluding hydrogens is 156 g/mol. The van der Waals surface area contributed by atoms with Crippen LogP contribution in [-0.2, 0) is 9.53 Å². The van der Waals surface area contributed by atoms with E-state index < -0.39 is 5.91 Å². The number of carbonyl (C=O) groups excluding carboxylic acids is 1. The molecule has 0 aliphatic heterocycles. The Bertz CT molecular complexity index is 219. The molecular formula is C8H12N2O2.